The summed E-state index contributed by atoms with van der Waals surface area (Å²) in [5, 5.41) is 0. The van der Waals surface area contributed by atoms with Crippen LogP contribution in [-0.4, -0.2) is 82.7 Å². The van der Waals surface area contributed by atoms with E-state index in [4.69, 9.17) is 0 Å². The van der Waals surface area contributed by atoms with E-state index in [1.54, 1.807) is 8.61 Å². The lowest BCUT2D eigenvalue weighted by Crippen LogP contribution is -2.44. The molecule has 34 heavy (non-hydrogen) atoms. The molecule has 1 aromatic carbocycles. The zero-order chi connectivity index (χ0) is 24.3. The van der Waals surface area contributed by atoms with Gasteiger partial charge in [0.1, 0.15) is 0 Å². The molecule has 1 aromatic rings. The Kier molecular flexibility index (Phi) is 11.2. The molecule has 0 saturated carbocycles. The third-order valence-electron chi connectivity index (χ3n) is 6.43. The van der Waals surface area contributed by atoms with Crippen molar-refractivity contribution in [2.24, 2.45) is 0 Å². The molecule has 2 fully saturated rings. The van der Waals surface area contributed by atoms with Crippen LogP contribution in [0, 0.1) is 0 Å². The summed E-state index contributed by atoms with van der Waals surface area (Å²) in [5.41, 5.74) is 1.19. The lowest BCUT2D eigenvalue weighted by atomic mass is 10.2. The molecule has 2 N–H and O–H groups in total. The fourth-order valence-corrected chi connectivity index (χ4v) is 7.16. The second-order valence-corrected chi connectivity index (χ2v) is 12.7. The molecule has 0 atom stereocenters. The van der Waals surface area contributed by atoms with Crippen molar-refractivity contribution in [2.45, 2.75) is 57.9 Å². The summed E-state index contributed by atoms with van der Waals surface area (Å²) in [4.78, 5) is 2.26. The van der Waals surface area contributed by atoms with E-state index in [2.05, 4.69) is 26.5 Å². The van der Waals surface area contributed by atoms with Gasteiger partial charge in [-0.2, -0.15) is 25.4 Å². The smallest absolute Gasteiger partial charge is 0.279 e. The van der Waals surface area contributed by atoms with Crippen LogP contribution in [0.2, 0.25) is 0 Å². The van der Waals surface area contributed by atoms with Crippen molar-refractivity contribution in [1.29, 1.82) is 0 Å². The van der Waals surface area contributed by atoms with Crippen molar-refractivity contribution in [3.8, 4) is 0 Å². The van der Waals surface area contributed by atoms with Crippen LogP contribution in [0.3, 0.4) is 0 Å². The summed E-state index contributed by atoms with van der Waals surface area (Å²) in [6, 6.07) is 10.1. The minimum Gasteiger partial charge on any atom is -0.299 e. The molecule has 9 nitrogen and oxygen atoms in total. The van der Waals surface area contributed by atoms with Crippen LogP contribution in [0.25, 0.3) is 0 Å². The summed E-state index contributed by atoms with van der Waals surface area (Å²) in [5.74, 6) is 0. The van der Waals surface area contributed by atoms with Gasteiger partial charge in [-0.1, -0.05) is 43.2 Å². The van der Waals surface area contributed by atoms with Crippen molar-refractivity contribution in [1.82, 2.24) is 23.0 Å². The molecule has 2 aliphatic rings. The molecule has 0 bridgehead atoms. The van der Waals surface area contributed by atoms with Crippen LogP contribution in [0.5, 0.6) is 0 Å². The summed E-state index contributed by atoms with van der Waals surface area (Å²) >= 11 is 0. The SMILES string of the molecule is O=S(=O)(NCCCN(CCCNS(=O)(=O)N1CCCCC1)Cc1ccccc1)N1CCCCC1. The molecule has 194 valence electrons. The first-order valence-electron chi connectivity index (χ1n) is 12.6. The van der Waals surface area contributed by atoms with Crippen molar-refractivity contribution >= 4 is 20.4 Å². The van der Waals surface area contributed by atoms with Crippen molar-refractivity contribution in [3.63, 3.8) is 0 Å². The normalized spacial score (nSPS) is 19.0. The van der Waals surface area contributed by atoms with Crippen molar-refractivity contribution in [3.05, 3.63) is 35.9 Å². The van der Waals surface area contributed by atoms with Crippen molar-refractivity contribution < 1.29 is 16.8 Å². The van der Waals surface area contributed by atoms with Gasteiger partial charge in [0.25, 0.3) is 20.4 Å². The Morgan fingerprint density at radius 1 is 0.676 bits per heavy atom. The van der Waals surface area contributed by atoms with Crippen LogP contribution in [0.1, 0.15) is 56.9 Å². The van der Waals surface area contributed by atoms with E-state index in [0.717, 1.165) is 58.2 Å². The quantitative estimate of drug-likeness (QED) is 0.369. The maximum atomic E-state index is 12.5. The maximum absolute atomic E-state index is 12.5. The second-order valence-electron chi connectivity index (χ2n) is 9.19. The number of hydrogen-bond donors (Lipinski definition) is 2. The molecular formula is C23H41N5O4S2. The second kappa shape index (κ2) is 13.9. The third-order valence-corrected chi connectivity index (χ3v) is 9.66. The molecule has 0 unspecified atom stereocenters. The van der Waals surface area contributed by atoms with Gasteiger partial charge >= 0.3 is 0 Å². The highest BCUT2D eigenvalue weighted by molar-refractivity contribution is 7.87. The van der Waals surface area contributed by atoms with Gasteiger partial charge in [0.05, 0.1) is 0 Å². The molecule has 11 heteroatoms. The first-order valence-corrected chi connectivity index (χ1v) is 15.5. The van der Waals surface area contributed by atoms with Gasteiger partial charge < -0.3 is 0 Å². The van der Waals surface area contributed by atoms with Gasteiger partial charge in [-0.15, -0.1) is 0 Å². The van der Waals surface area contributed by atoms with Gasteiger partial charge in [-0.05, 0) is 57.2 Å². The van der Waals surface area contributed by atoms with Crippen LogP contribution in [0.15, 0.2) is 30.3 Å². The number of nitrogens with zero attached hydrogens (tertiary/aromatic N) is 3. The van der Waals surface area contributed by atoms with Gasteiger partial charge in [-0.3, -0.25) is 4.90 Å². The van der Waals surface area contributed by atoms with Crippen LogP contribution >= 0.6 is 0 Å². The zero-order valence-corrected chi connectivity index (χ0v) is 21.8. The number of hydrogen-bond acceptors (Lipinski definition) is 5. The fraction of sp³-hybridized carbons (Fsp3) is 0.739. The van der Waals surface area contributed by atoms with E-state index in [1.807, 2.05) is 18.2 Å². The Balaban J connectivity index is 1.44. The standard InChI is InChI=1S/C23H41N5O4S2/c29-33(30,27-18-6-2-7-19-27)24-14-10-16-26(22-23-12-4-1-5-13-23)17-11-15-25-34(31,32)28-20-8-3-9-21-28/h1,4-5,12-13,24-25H,2-3,6-11,14-22H2. The van der Waals surface area contributed by atoms with Gasteiger partial charge in [0.15, 0.2) is 0 Å². The van der Waals surface area contributed by atoms with E-state index in [0.29, 0.717) is 52.1 Å². The molecular weight excluding hydrogens is 474 g/mol. The predicted octanol–water partition coefficient (Wildman–Crippen LogP) is 1.91. The highest BCUT2D eigenvalue weighted by Crippen LogP contribution is 2.13. The molecule has 2 aliphatic heterocycles. The largest absolute Gasteiger partial charge is 0.299 e. The average molecular weight is 516 g/mol. The Bertz CT molecular complexity index is 860. The van der Waals surface area contributed by atoms with Crippen LogP contribution < -0.4 is 9.44 Å². The third kappa shape index (κ3) is 9.18. The van der Waals surface area contributed by atoms with Gasteiger partial charge in [-0.25, -0.2) is 9.44 Å². The predicted molar refractivity (Wildman–Crippen MR) is 136 cm³/mol. The lowest BCUT2D eigenvalue weighted by Gasteiger charge is -2.27. The molecule has 0 amide bonds. The summed E-state index contributed by atoms with van der Waals surface area (Å²) < 4.78 is 58.5. The minimum atomic E-state index is -3.40. The Hall–Kier alpha value is -1.08. The first-order chi connectivity index (χ1) is 16.4. The first kappa shape index (κ1) is 27.5. The topological polar surface area (TPSA) is 102 Å². The number of benzene rings is 1. The van der Waals surface area contributed by atoms with Crippen LogP contribution in [0.4, 0.5) is 0 Å². The summed E-state index contributed by atoms with van der Waals surface area (Å²) in [6.07, 6.45) is 7.27. The van der Waals surface area contributed by atoms with E-state index >= 15 is 0 Å². The van der Waals surface area contributed by atoms with E-state index in [-0.39, 0.29) is 0 Å². The number of rotatable bonds is 14. The average Bonchev–Trinajstić information content (AvgIpc) is 2.86. The molecule has 2 saturated heterocycles. The highest BCUT2D eigenvalue weighted by Gasteiger charge is 2.24. The number of piperidine rings is 2. The van der Waals surface area contributed by atoms with E-state index in [9.17, 15) is 16.8 Å². The fourth-order valence-electron chi connectivity index (χ4n) is 4.51. The zero-order valence-electron chi connectivity index (χ0n) is 20.2. The summed E-state index contributed by atoms with van der Waals surface area (Å²) in [6.45, 7) is 5.40. The molecule has 0 spiro atoms. The molecule has 0 radical (unpaired) electrons. The molecule has 0 aliphatic carbocycles. The van der Waals surface area contributed by atoms with Crippen LogP contribution in [-0.2, 0) is 27.0 Å². The molecule has 3 rings (SSSR count). The molecule has 0 aromatic heterocycles. The Morgan fingerprint density at radius 3 is 1.56 bits per heavy atom. The number of nitrogens with one attached hydrogen (secondary N) is 2. The van der Waals surface area contributed by atoms with Gasteiger partial charge in [0.2, 0.25) is 0 Å². The van der Waals surface area contributed by atoms with Crippen molar-refractivity contribution in [2.75, 3.05) is 52.4 Å². The summed E-state index contributed by atoms with van der Waals surface area (Å²) in [7, 11) is -6.81. The minimum absolute atomic E-state index is 0.395. The maximum Gasteiger partial charge on any atom is 0.279 e. The van der Waals surface area contributed by atoms with Gasteiger partial charge in [0, 0.05) is 45.8 Å². The highest BCUT2D eigenvalue weighted by atomic mass is 32.2. The Morgan fingerprint density at radius 2 is 1.12 bits per heavy atom. The monoisotopic (exact) mass is 515 g/mol. The van der Waals surface area contributed by atoms with E-state index < -0.39 is 20.4 Å². The van der Waals surface area contributed by atoms with E-state index in [1.165, 1.54) is 5.56 Å². The Labute approximate surface area is 206 Å². The molecule has 2 heterocycles. The lowest BCUT2D eigenvalue weighted by molar-refractivity contribution is 0.259.